The van der Waals surface area contributed by atoms with Gasteiger partial charge in [-0.15, -0.1) is 0 Å². The number of halogens is 4. The average Bonchev–Trinajstić information content (AvgIpc) is 3.88. The van der Waals surface area contributed by atoms with Gasteiger partial charge in [0.25, 0.3) is 11.5 Å². The maximum absolute atomic E-state index is 17.5. The molecule has 13 heteroatoms. The minimum atomic E-state index is -0.761. The number of carbonyl (C=O) groups excluding carboxylic acids is 1. The van der Waals surface area contributed by atoms with E-state index in [9.17, 15) is 14.9 Å². The summed E-state index contributed by atoms with van der Waals surface area (Å²) in [6, 6.07) is 14.8. The van der Waals surface area contributed by atoms with Gasteiger partial charge in [0.15, 0.2) is 5.82 Å². The summed E-state index contributed by atoms with van der Waals surface area (Å²) in [6.45, 7) is 2.73. The molecule has 262 valence electrons. The Morgan fingerprint density at radius 3 is 2.69 bits per heavy atom. The summed E-state index contributed by atoms with van der Waals surface area (Å²) in [5.74, 6) is -1.73. The molecule has 5 heterocycles. The summed E-state index contributed by atoms with van der Waals surface area (Å²) in [7, 11) is 1.42. The second-order valence-electron chi connectivity index (χ2n) is 13.3. The summed E-state index contributed by atoms with van der Waals surface area (Å²) in [5.41, 5.74) is 2.75. The van der Waals surface area contributed by atoms with Crippen molar-refractivity contribution < 1.29 is 13.6 Å². The molecule has 3 aromatic heterocycles. The third kappa shape index (κ3) is 5.28. The number of pyridine rings is 1. The fraction of sp³-hybridized carbons (Fsp3) is 0.256. The molecular formula is C39H31Cl2F2N7O2. The SMILES string of the molecule is CNC(=O)c1ccc(-c2nc3c(F)c(-c4cccc(Cl)c4Cl)c(CCC#N)cc3c3c2cc(C(C)n2ccncc2=O)n3[C@H]2[C@H]3CN[C@@H]2C3)cc1F. The largest absolute Gasteiger partial charge is 0.355 e. The lowest BCUT2D eigenvalue weighted by Gasteiger charge is -2.38. The topological polar surface area (TPSA) is 118 Å². The van der Waals surface area contributed by atoms with Crippen LogP contribution < -0.4 is 16.2 Å². The summed E-state index contributed by atoms with van der Waals surface area (Å²) in [5, 5.41) is 17.2. The molecule has 2 bridgehead atoms. The first-order valence-electron chi connectivity index (χ1n) is 16.9. The van der Waals surface area contributed by atoms with E-state index >= 15 is 8.78 Å². The molecule has 1 amide bonds. The van der Waals surface area contributed by atoms with Crippen LogP contribution in [0.5, 0.6) is 0 Å². The van der Waals surface area contributed by atoms with Gasteiger partial charge in [-0.05, 0) is 61.6 Å². The Morgan fingerprint density at radius 2 is 2.00 bits per heavy atom. The molecule has 2 saturated heterocycles. The van der Waals surface area contributed by atoms with E-state index in [2.05, 4.69) is 26.3 Å². The molecule has 9 rings (SSSR count). The summed E-state index contributed by atoms with van der Waals surface area (Å²) < 4.78 is 36.9. The molecule has 0 spiro atoms. The quantitative estimate of drug-likeness (QED) is 0.166. The van der Waals surface area contributed by atoms with Gasteiger partial charge < -0.3 is 19.8 Å². The average molecular weight is 739 g/mol. The van der Waals surface area contributed by atoms with Crippen LogP contribution >= 0.6 is 23.2 Å². The van der Waals surface area contributed by atoms with E-state index in [0.29, 0.717) is 38.7 Å². The zero-order valence-corrected chi connectivity index (χ0v) is 29.6. The van der Waals surface area contributed by atoms with E-state index in [-0.39, 0.29) is 63.1 Å². The number of nitrogens with zero attached hydrogens (tertiary/aromatic N) is 5. The lowest BCUT2D eigenvalue weighted by molar-refractivity contribution is 0.0959. The number of hydrogen-bond donors (Lipinski definition) is 2. The lowest BCUT2D eigenvalue weighted by Crippen LogP contribution is -2.40. The second kappa shape index (κ2) is 13.1. The smallest absolute Gasteiger partial charge is 0.269 e. The zero-order valence-electron chi connectivity index (χ0n) is 28.1. The van der Waals surface area contributed by atoms with Crippen LogP contribution in [0.15, 0.2) is 71.9 Å². The first-order chi connectivity index (χ1) is 25.1. The standard InChI is InChI=1S/C39H31Cl2F2N7O2/c1-19(49-12-11-46-18-31(49)51)30-16-26-35(21-8-9-23(28(42)14-21)39(52)45-2)48-36-25(38(26)50(30)37-22-15-29(37)47-17-22)13-20(5-4-10-44)32(34(36)43)24-6-3-7-27(40)33(24)41/h3,6-9,11-14,16,18-19,22,29,37,47H,4-5,15,17H2,1-2H3,(H,45,52)/t19?,22-,29-,37+/m1/s1. The molecule has 3 fully saturated rings. The van der Waals surface area contributed by atoms with Crippen molar-refractivity contribution in [3.05, 3.63) is 116 Å². The van der Waals surface area contributed by atoms with Crippen LogP contribution in [0.4, 0.5) is 8.78 Å². The molecule has 3 aliphatic rings. The van der Waals surface area contributed by atoms with Crippen molar-refractivity contribution in [2.75, 3.05) is 13.6 Å². The molecule has 2 N–H and O–H groups in total. The van der Waals surface area contributed by atoms with Crippen LogP contribution in [0.1, 0.15) is 53.5 Å². The maximum Gasteiger partial charge on any atom is 0.269 e. The third-order valence-corrected chi connectivity index (χ3v) is 11.4. The number of rotatable bonds is 8. The van der Waals surface area contributed by atoms with Gasteiger partial charge in [-0.1, -0.05) is 41.4 Å². The molecule has 1 saturated carbocycles. The number of aryl methyl sites for hydroxylation is 1. The van der Waals surface area contributed by atoms with Crippen molar-refractivity contribution in [2.24, 2.45) is 5.92 Å². The van der Waals surface area contributed by atoms with Crippen molar-refractivity contribution >= 4 is 50.9 Å². The van der Waals surface area contributed by atoms with Gasteiger partial charge in [-0.2, -0.15) is 5.26 Å². The van der Waals surface area contributed by atoms with Crippen molar-refractivity contribution in [1.29, 1.82) is 5.26 Å². The fourth-order valence-corrected chi connectivity index (χ4v) is 8.43. The first-order valence-corrected chi connectivity index (χ1v) is 17.7. The maximum atomic E-state index is 17.5. The molecular weight excluding hydrogens is 707 g/mol. The summed E-state index contributed by atoms with van der Waals surface area (Å²) in [4.78, 5) is 34.5. The van der Waals surface area contributed by atoms with E-state index in [0.717, 1.165) is 18.7 Å². The highest BCUT2D eigenvalue weighted by Crippen LogP contribution is 2.50. The normalized spacial score (nSPS) is 18.4. The van der Waals surface area contributed by atoms with Gasteiger partial charge in [0.2, 0.25) is 0 Å². The van der Waals surface area contributed by atoms with Crippen molar-refractivity contribution in [3.63, 3.8) is 0 Å². The van der Waals surface area contributed by atoms with E-state index in [4.69, 9.17) is 28.2 Å². The highest BCUT2D eigenvalue weighted by Gasteiger charge is 2.49. The highest BCUT2D eigenvalue weighted by atomic mass is 35.5. The Kier molecular flexibility index (Phi) is 8.57. The van der Waals surface area contributed by atoms with E-state index in [1.165, 1.54) is 25.4 Å². The first kappa shape index (κ1) is 34.0. The molecule has 3 aromatic carbocycles. The van der Waals surface area contributed by atoms with Crippen LogP contribution in [0, 0.1) is 28.9 Å². The number of hydrogen-bond acceptors (Lipinski definition) is 6. The Balaban J connectivity index is 1.52. The van der Waals surface area contributed by atoms with Gasteiger partial charge in [0, 0.05) is 71.6 Å². The fourth-order valence-electron chi connectivity index (χ4n) is 8.03. The van der Waals surface area contributed by atoms with E-state index in [1.807, 2.05) is 19.1 Å². The number of carbonyl (C=O) groups is 1. The van der Waals surface area contributed by atoms with Gasteiger partial charge >= 0.3 is 0 Å². The van der Waals surface area contributed by atoms with Crippen LogP contribution in [-0.2, 0) is 6.42 Å². The van der Waals surface area contributed by atoms with Gasteiger partial charge in [0.1, 0.15) is 11.3 Å². The third-order valence-electron chi connectivity index (χ3n) is 10.6. The van der Waals surface area contributed by atoms with Crippen molar-refractivity contribution in [3.8, 4) is 28.5 Å². The minimum Gasteiger partial charge on any atom is -0.355 e. The Bertz CT molecular complexity index is 2550. The van der Waals surface area contributed by atoms with Gasteiger partial charge in [0.05, 0.1) is 51.2 Å². The van der Waals surface area contributed by atoms with Crippen LogP contribution in [0.25, 0.3) is 44.2 Å². The predicted molar refractivity (Wildman–Crippen MR) is 197 cm³/mol. The highest BCUT2D eigenvalue weighted by molar-refractivity contribution is 6.43. The Labute approximate surface area is 306 Å². The number of amides is 1. The van der Waals surface area contributed by atoms with Gasteiger partial charge in [-0.25, -0.2) is 13.8 Å². The number of nitriles is 1. The number of benzene rings is 3. The lowest BCUT2D eigenvalue weighted by atomic mass is 9.79. The molecule has 1 unspecified atom stereocenters. The molecule has 2 aliphatic heterocycles. The molecule has 6 aromatic rings. The predicted octanol–water partition coefficient (Wildman–Crippen LogP) is 7.62. The molecule has 4 atom stereocenters. The van der Waals surface area contributed by atoms with E-state index < -0.39 is 23.6 Å². The molecule has 0 radical (unpaired) electrons. The minimum absolute atomic E-state index is 0.0179. The number of fused-ring (bicyclic) bond motifs is 4. The molecule has 1 aliphatic carbocycles. The molecule has 52 heavy (non-hydrogen) atoms. The van der Waals surface area contributed by atoms with Crippen LogP contribution in [-0.4, -0.2) is 44.6 Å². The zero-order chi connectivity index (χ0) is 36.4. The number of nitrogens with one attached hydrogen (secondary N) is 2. The van der Waals surface area contributed by atoms with Crippen LogP contribution in [0.2, 0.25) is 10.0 Å². The Hall–Kier alpha value is -5.15. The van der Waals surface area contributed by atoms with Crippen LogP contribution in [0.3, 0.4) is 0 Å². The van der Waals surface area contributed by atoms with Gasteiger partial charge in [-0.3, -0.25) is 14.6 Å². The summed E-state index contributed by atoms with van der Waals surface area (Å²) in [6.07, 6.45) is 5.76. The monoisotopic (exact) mass is 737 g/mol. The van der Waals surface area contributed by atoms with Crippen molar-refractivity contribution in [1.82, 2.24) is 29.7 Å². The summed E-state index contributed by atoms with van der Waals surface area (Å²) >= 11 is 13.1. The van der Waals surface area contributed by atoms with E-state index in [1.54, 1.807) is 41.2 Å². The second-order valence-corrected chi connectivity index (χ2v) is 14.1. The van der Waals surface area contributed by atoms with Crippen molar-refractivity contribution in [2.45, 2.75) is 44.3 Å². The Morgan fingerprint density at radius 1 is 1.17 bits per heavy atom. The molecule has 9 nitrogen and oxygen atoms in total. The number of aromatic nitrogens is 4.